The summed E-state index contributed by atoms with van der Waals surface area (Å²) < 4.78 is 0. The van der Waals surface area contributed by atoms with E-state index in [1.54, 1.807) is 0 Å². The molecular weight excluding hydrogens is 180 g/mol. The summed E-state index contributed by atoms with van der Waals surface area (Å²) in [4.78, 5) is 13.0. The van der Waals surface area contributed by atoms with Crippen molar-refractivity contribution >= 4 is 11.5 Å². The lowest BCUT2D eigenvalue weighted by Crippen LogP contribution is -2.30. The fourth-order valence-electron chi connectivity index (χ4n) is 1.52. The lowest BCUT2D eigenvalue weighted by Gasteiger charge is -2.17. The Balaban J connectivity index is 2.78. The molecule has 0 aliphatic carbocycles. The monoisotopic (exact) mass is 196 g/mol. The summed E-state index contributed by atoms with van der Waals surface area (Å²) in [5.41, 5.74) is 8.09. The number of nitrogens with zero attached hydrogens (tertiary/aromatic N) is 2. The molecule has 0 fully saturated rings. The van der Waals surface area contributed by atoms with Crippen molar-refractivity contribution in [1.82, 2.24) is 10.2 Å². The number of ketones is 1. The van der Waals surface area contributed by atoms with E-state index in [-0.39, 0.29) is 12.3 Å². The van der Waals surface area contributed by atoms with Crippen molar-refractivity contribution in [1.29, 1.82) is 0 Å². The third-order valence-corrected chi connectivity index (χ3v) is 2.11. The van der Waals surface area contributed by atoms with Gasteiger partial charge in [-0.1, -0.05) is 0 Å². The number of hydrogen-bond donors (Lipinski definition) is 2. The average molecular weight is 196 g/mol. The highest BCUT2D eigenvalue weighted by Crippen LogP contribution is 2.19. The molecule has 0 aliphatic rings. The number of Topliss-reactive ketones (excluding diaryl/α,β-unsaturated/α-hetero) is 1. The molecule has 5 heteroatoms. The van der Waals surface area contributed by atoms with E-state index in [1.165, 1.54) is 0 Å². The van der Waals surface area contributed by atoms with Crippen molar-refractivity contribution in [2.45, 2.75) is 13.8 Å². The van der Waals surface area contributed by atoms with E-state index in [2.05, 4.69) is 10.2 Å². The van der Waals surface area contributed by atoms with Crippen molar-refractivity contribution in [3.63, 3.8) is 0 Å². The topological polar surface area (TPSA) is 75.0 Å². The molecule has 0 saturated heterocycles. The zero-order chi connectivity index (χ0) is 10.7. The van der Waals surface area contributed by atoms with Crippen LogP contribution in [0, 0.1) is 13.8 Å². The molecular formula is C9H16N4O. The first-order valence-corrected chi connectivity index (χ1v) is 4.50. The van der Waals surface area contributed by atoms with E-state index in [0.717, 1.165) is 17.1 Å². The largest absolute Gasteiger partial charge is 0.364 e. The summed E-state index contributed by atoms with van der Waals surface area (Å²) in [6.07, 6.45) is 0. The zero-order valence-electron chi connectivity index (χ0n) is 8.79. The molecule has 14 heavy (non-hydrogen) atoms. The molecule has 3 N–H and O–H groups in total. The van der Waals surface area contributed by atoms with Gasteiger partial charge in [0.05, 0.1) is 30.2 Å². The fourth-order valence-corrected chi connectivity index (χ4v) is 1.52. The van der Waals surface area contributed by atoms with Gasteiger partial charge < -0.3 is 10.6 Å². The quantitative estimate of drug-likeness (QED) is 0.710. The predicted octanol–water partition coefficient (Wildman–Crippen LogP) is -0.00946. The van der Waals surface area contributed by atoms with Gasteiger partial charge in [0.25, 0.3) is 0 Å². The molecule has 0 aromatic carbocycles. The normalized spacial score (nSPS) is 10.3. The number of carbonyl (C=O) groups excluding carboxylic acids is 1. The summed E-state index contributed by atoms with van der Waals surface area (Å²) in [7, 11) is 1.86. The molecule has 1 heterocycles. The summed E-state index contributed by atoms with van der Waals surface area (Å²) in [5, 5.41) is 6.94. The summed E-state index contributed by atoms with van der Waals surface area (Å²) >= 11 is 0. The molecule has 0 bridgehead atoms. The molecule has 0 unspecified atom stereocenters. The van der Waals surface area contributed by atoms with Crippen molar-refractivity contribution < 1.29 is 4.79 Å². The Morgan fingerprint density at radius 1 is 1.57 bits per heavy atom. The van der Waals surface area contributed by atoms with Crippen LogP contribution in [0.25, 0.3) is 0 Å². The highest BCUT2D eigenvalue weighted by Gasteiger charge is 2.13. The first kappa shape index (κ1) is 10.7. The van der Waals surface area contributed by atoms with Crippen LogP contribution in [0.3, 0.4) is 0 Å². The molecule has 0 aliphatic heterocycles. The molecule has 5 nitrogen and oxygen atoms in total. The van der Waals surface area contributed by atoms with E-state index in [0.29, 0.717) is 6.54 Å². The van der Waals surface area contributed by atoms with Crippen LogP contribution < -0.4 is 10.6 Å². The molecule has 1 aromatic heterocycles. The smallest absolute Gasteiger partial charge is 0.165 e. The minimum absolute atomic E-state index is 0.0208. The Labute approximate surface area is 83.3 Å². The third kappa shape index (κ3) is 2.11. The molecule has 0 spiro atoms. The van der Waals surface area contributed by atoms with Gasteiger partial charge in [-0.3, -0.25) is 9.89 Å². The van der Waals surface area contributed by atoms with E-state index >= 15 is 0 Å². The predicted molar refractivity (Wildman–Crippen MR) is 55.4 cm³/mol. The van der Waals surface area contributed by atoms with Crippen LogP contribution in [0.2, 0.25) is 0 Å². The van der Waals surface area contributed by atoms with Gasteiger partial charge in [0, 0.05) is 7.05 Å². The van der Waals surface area contributed by atoms with Crippen LogP contribution in [0.15, 0.2) is 0 Å². The summed E-state index contributed by atoms with van der Waals surface area (Å²) in [5.74, 6) is 0.0208. The number of rotatable bonds is 4. The van der Waals surface area contributed by atoms with Crippen LogP contribution in [-0.2, 0) is 4.79 Å². The summed E-state index contributed by atoms with van der Waals surface area (Å²) in [6, 6.07) is 0. The van der Waals surface area contributed by atoms with Crippen LogP contribution in [0.5, 0.6) is 0 Å². The van der Waals surface area contributed by atoms with Crippen LogP contribution in [0.1, 0.15) is 11.4 Å². The fraction of sp³-hybridized carbons (Fsp3) is 0.556. The van der Waals surface area contributed by atoms with Gasteiger partial charge in [0.2, 0.25) is 0 Å². The van der Waals surface area contributed by atoms with E-state index in [1.807, 2.05) is 25.8 Å². The number of nitrogens with two attached hydrogens (primary N) is 1. The first-order chi connectivity index (χ1) is 6.56. The van der Waals surface area contributed by atoms with Crippen molar-refractivity contribution in [3.8, 4) is 0 Å². The second-order valence-electron chi connectivity index (χ2n) is 3.38. The van der Waals surface area contributed by atoms with Gasteiger partial charge in [-0.2, -0.15) is 5.10 Å². The molecule has 1 rings (SSSR count). The molecule has 0 amide bonds. The number of aryl methyl sites for hydroxylation is 2. The Bertz CT molecular complexity index is 312. The van der Waals surface area contributed by atoms with Gasteiger partial charge in [-0.15, -0.1) is 0 Å². The number of aromatic nitrogens is 2. The second-order valence-corrected chi connectivity index (χ2v) is 3.38. The van der Waals surface area contributed by atoms with Gasteiger partial charge >= 0.3 is 0 Å². The van der Waals surface area contributed by atoms with Crippen LogP contribution in [0.4, 0.5) is 5.69 Å². The molecule has 0 atom stereocenters. The Morgan fingerprint density at radius 2 is 2.21 bits per heavy atom. The van der Waals surface area contributed by atoms with Crippen molar-refractivity contribution in [3.05, 3.63) is 11.4 Å². The van der Waals surface area contributed by atoms with Crippen molar-refractivity contribution in [2.75, 3.05) is 25.0 Å². The Kier molecular flexibility index (Phi) is 3.24. The third-order valence-electron chi connectivity index (χ3n) is 2.11. The van der Waals surface area contributed by atoms with Gasteiger partial charge in [-0.25, -0.2) is 0 Å². The standard InChI is InChI=1S/C9H16N4O/c1-6-9(7(2)12-11-6)13(3)5-8(14)4-10/h4-5,10H2,1-3H3,(H,11,12). The van der Waals surface area contributed by atoms with Crippen LogP contribution in [-0.4, -0.2) is 36.1 Å². The maximum absolute atomic E-state index is 11.1. The lowest BCUT2D eigenvalue weighted by molar-refractivity contribution is -0.116. The van der Waals surface area contributed by atoms with Gasteiger partial charge in [-0.05, 0) is 13.8 Å². The lowest BCUT2D eigenvalue weighted by atomic mass is 10.2. The number of aromatic amines is 1. The SMILES string of the molecule is Cc1n[nH]c(C)c1N(C)CC(=O)CN. The van der Waals surface area contributed by atoms with E-state index < -0.39 is 0 Å². The molecule has 1 aromatic rings. The zero-order valence-corrected chi connectivity index (χ0v) is 8.79. The number of carbonyl (C=O) groups is 1. The highest BCUT2D eigenvalue weighted by atomic mass is 16.1. The maximum atomic E-state index is 11.1. The minimum atomic E-state index is 0.0208. The first-order valence-electron chi connectivity index (χ1n) is 4.50. The number of H-pyrrole nitrogens is 1. The van der Waals surface area contributed by atoms with Crippen molar-refractivity contribution in [2.24, 2.45) is 5.73 Å². The van der Waals surface area contributed by atoms with Gasteiger partial charge in [0.15, 0.2) is 5.78 Å². The molecule has 0 saturated carbocycles. The van der Waals surface area contributed by atoms with E-state index in [9.17, 15) is 4.79 Å². The second kappa shape index (κ2) is 4.23. The molecule has 78 valence electrons. The number of nitrogens with one attached hydrogen (secondary N) is 1. The Hall–Kier alpha value is -1.36. The summed E-state index contributed by atoms with van der Waals surface area (Å²) in [6.45, 7) is 4.25. The maximum Gasteiger partial charge on any atom is 0.165 e. The average Bonchev–Trinajstić information content (AvgIpc) is 2.46. The number of hydrogen-bond acceptors (Lipinski definition) is 4. The number of anilines is 1. The van der Waals surface area contributed by atoms with Gasteiger partial charge in [0.1, 0.15) is 0 Å². The highest BCUT2D eigenvalue weighted by molar-refractivity contribution is 5.85. The van der Waals surface area contributed by atoms with Crippen LogP contribution >= 0.6 is 0 Å². The minimum Gasteiger partial charge on any atom is -0.364 e. The number of likely N-dealkylation sites (N-methyl/N-ethyl adjacent to an activating group) is 1. The molecule has 0 radical (unpaired) electrons. The Morgan fingerprint density at radius 3 is 2.64 bits per heavy atom. The van der Waals surface area contributed by atoms with E-state index in [4.69, 9.17) is 5.73 Å².